The molecule has 1 heterocycles. The third-order valence-corrected chi connectivity index (χ3v) is 1.93. The predicted molar refractivity (Wildman–Crippen MR) is 40.9 cm³/mol. The number of hydrogen-bond acceptors (Lipinski definition) is 3. The minimum atomic E-state index is 0.742. The second kappa shape index (κ2) is 2.62. The summed E-state index contributed by atoms with van der Waals surface area (Å²) >= 11 is 0. The second-order valence-corrected chi connectivity index (χ2v) is 2.96. The molecule has 0 unspecified atom stereocenters. The zero-order chi connectivity index (χ0) is 7.68. The minimum Gasteiger partial charge on any atom is -0.307 e. The van der Waals surface area contributed by atoms with E-state index in [2.05, 4.69) is 15.4 Å². The van der Waals surface area contributed by atoms with Crippen LogP contribution in [0, 0.1) is 0 Å². The third kappa shape index (κ3) is 1.57. The van der Waals surface area contributed by atoms with Gasteiger partial charge in [0, 0.05) is 13.1 Å². The van der Waals surface area contributed by atoms with E-state index in [1.54, 1.807) is 11.0 Å². The molecule has 0 amide bonds. The topological polar surface area (TPSA) is 42.7 Å². The second-order valence-electron chi connectivity index (χ2n) is 2.96. The van der Waals surface area contributed by atoms with Gasteiger partial charge in [-0.2, -0.15) is 5.10 Å². The SMILES string of the molecule is Cn1ncnc1CNC1CC1. The van der Waals surface area contributed by atoms with Crippen LogP contribution < -0.4 is 5.32 Å². The molecule has 1 aromatic rings. The maximum Gasteiger partial charge on any atom is 0.140 e. The average molecular weight is 152 g/mol. The van der Waals surface area contributed by atoms with Crippen LogP contribution in [0.5, 0.6) is 0 Å². The van der Waals surface area contributed by atoms with Crippen molar-refractivity contribution in [3.8, 4) is 0 Å². The molecule has 0 saturated heterocycles. The van der Waals surface area contributed by atoms with Crippen LogP contribution in [0.25, 0.3) is 0 Å². The van der Waals surface area contributed by atoms with Crippen molar-refractivity contribution in [3.05, 3.63) is 12.2 Å². The molecular formula is C7H12N4. The molecular weight excluding hydrogens is 140 g/mol. The standard InChI is InChI=1S/C7H12N4/c1-11-7(9-5-10-11)4-8-6-2-3-6/h5-6,8H,2-4H2,1H3. The first kappa shape index (κ1) is 6.79. The first-order valence-electron chi connectivity index (χ1n) is 3.92. The number of rotatable bonds is 3. The fraction of sp³-hybridized carbons (Fsp3) is 0.714. The molecule has 11 heavy (non-hydrogen) atoms. The molecule has 2 rings (SSSR count). The Hall–Kier alpha value is -0.900. The molecule has 1 fully saturated rings. The molecule has 60 valence electrons. The summed E-state index contributed by atoms with van der Waals surface area (Å²) in [5, 5.41) is 7.36. The Morgan fingerprint density at radius 3 is 3.09 bits per heavy atom. The Morgan fingerprint density at radius 2 is 2.55 bits per heavy atom. The van der Waals surface area contributed by atoms with Crippen LogP contribution in [0.2, 0.25) is 0 Å². The third-order valence-electron chi connectivity index (χ3n) is 1.93. The Morgan fingerprint density at radius 1 is 1.73 bits per heavy atom. The summed E-state index contributed by atoms with van der Waals surface area (Å²) in [6.45, 7) is 0.848. The number of nitrogens with zero attached hydrogens (tertiary/aromatic N) is 3. The molecule has 1 saturated carbocycles. The molecule has 0 bridgehead atoms. The predicted octanol–water partition coefficient (Wildman–Crippen LogP) is 0.0671. The van der Waals surface area contributed by atoms with Crippen molar-refractivity contribution in [2.75, 3.05) is 0 Å². The van der Waals surface area contributed by atoms with E-state index >= 15 is 0 Å². The molecule has 0 atom stereocenters. The first-order chi connectivity index (χ1) is 5.36. The largest absolute Gasteiger partial charge is 0.307 e. The van der Waals surface area contributed by atoms with Gasteiger partial charge in [0.25, 0.3) is 0 Å². The van der Waals surface area contributed by atoms with Crippen LogP contribution in [0.4, 0.5) is 0 Å². The van der Waals surface area contributed by atoms with Crippen molar-refractivity contribution in [1.29, 1.82) is 0 Å². The highest BCUT2D eigenvalue weighted by atomic mass is 15.3. The zero-order valence-corrected chi connectivity index (χ0v) is 6.62. The van der Waals surface area contributed by atoms with Gasteiger partial charge < -0.3 is 5.32 Å². The Balaban J connectivity index is 1.89. The fourth-order valence-corrected chi connectivity index (χ4v) is 1.00. The maximum absolute atomic E-state index is 4.10. The lowest BCUT2D eigenvalue weighted by Crippen LogP contribution is -2.18. The summed E-state index contributed by atoms with van der Waals surface area (Å²) in [6.07, 6.45) is 4.22. The highest BCUT2D eigenvalue weighted by molar-refractivity contribution is 4.87. The summed E-state index contributed by atoms with van der Waals surface area (Å²) in [4.78, 5) is 4.10. The van der Waals surface area contributed by atoms with Gasteiger partial charge in [0.2, 0.25) is 0 Å². The average Bonchev–Trinajstić information content (AvgIpc) is 2.73. The molecule has 1 aliphatic carbocycles. The molecule has 1 N–H and O–H groups in total. The number of hydrogen-bond donors (Lipinski definition) is 1. The number of nitrogens with one attached hydrogen (secondary N) is 1. The zero-order valence-electron chi connectivity index (χ0n) is 6.62. The van der Waals surface area contributed by atoms with Crippen molar-refractivity contribution in [1.82, 2.24) is 20.1 Å². The van der Waals surface area contributed by atoms with Crippen molar-refractivity contribution in [2.45, 2.75) is 25.4 Å². The van der Waals surface area contributed by atoms with E-state index in [0.29, 0.717) is 0 Å². The fourth-order valence-electron chi connectivity index (χ4n) is 1.00. The lowest BCUT2D eigenvalue weighted by molar-refractivity contribution is 0.611. The normalized spacial score (nSPS) is 17.2. The van der Waals surface area contributed by atoms with Gasteiger partial charge in [-0.25, -0.2) is 4.98 Å². The van der Waals surface area contributed by atoms with Crippen molar-refractivity contribution in [3.63, 3.8) is 0 Å². The highest BCUT2D eigenvalue weighted by Gasteiger charge is 2.20. The van der Waals surface area contributed by atoms with Gasteiger partial charge in [-0.3, -0.25) is 4.68 Å². The molecule has 0 radical (unpaired) electrons. The van der Waals surface area contributed by atoms with Crippen LogP contribution in [-0.4, -0.2) is 20.8 Å². The first-order valence-corrected chi connectivity index (χ1v) is 3.92. The van der Waals surface area contributed by atoms with E-state index < -0.39 is 0 Å². The van der Waals surface area contributed by atoms with Gasteiger partial charge in [-0.1, -0.05) is 0 Å². The minimum absolute atomic E-state index is 0.742. The smallest absolute Gasteiger partial charge is 0.140 e. The Labute approximate surface area is 65.6 Å². The summed E-state index contributed by atoms with van der Waals surface area (Å²) in [5.41, 5.74) is 0. The molecule has 0 aromatic carbocycles. The summed E-state index contributed by atoms with van der Waals surface area (Å²) in [5.74, 6) is 1.01. The van der Waals surface area contributed by atoms with Gasteiger partial charge in [0.05, 0.1) is 6.54 Å². The van der Waals surface area contributed by atoms with Gasteiger partial charge in [-0.05, 0) is 12.8 Å². The molecule has 4 nitrogen and oxygen atoms in total. The van der Waals surface area contributed by atoms with Crippen molar-refractivity contribution >= 4 is 0 Å². The van der Waals surface area contributed by atoms with Crippen LogP contribution in [-0.2, 0) is 13.6 Å². The summed E-state index contributed by atoms with van der Waals surface area (Å²) < 4.78 is 1.80. The van der Waals surface area contributed by atoms with Crippen LogP contribution >= 0.6 is 0 Å². The molecule has 4 heteroatoms. The lowest BCUT2D eigenvalue weighted by Gasteiger charge is -2.00. The quantitative estimate of drug-likeness (QED) is 0.666. The van der Waals surface area contributed by atoms with Gasteiger partial charge >= 0.3 is 0 Å². The monoisotopic (exact) mass is 152 g/mol. The van der Waals surface area contributed by atoms with Gasteiger partial charge in [0.15, 0.2) is 0 Å². The van der Waals surface area contributed by atoms with Crippen LogP contribution in [0.1, 0.15) is 18.7 Å². The summed E-state index contributed by atoms with van der Waals surface area (Å²) in [7, 11) is 1.91. The lowest BCUT2D eigenvalue weighted by atomic mass is 10.5. The van der Waals surface area contributed by atoms with Crippen LogP contribution in [0.3, 0.4) is 0 Å². The molecule has 0 aliphatic heterocycles. The maximum atomic E-state index is 4.10. The number of aryl methyl sites for hydroxylation is 1. The Bertz CT molecular complexity index is 238. The molecule has 1 aliphatic rings. The molecule has 1 aromatic heterocycles. The van der Waals surface area contributed by atoms with Crippen LogP contribution in [0.15, 0.2) is 6.33 Å². The van der Waals surface area contributed by atoms with E-state index in [1.807, 2.05) is 7.05 Å². The summed E-state index contributed by atoms with van der Waals surface area (Å²) in [6, 6.07) is 0.742. The van der Waals surface area contributed by atoms with Crippen molar-refractivity contribution in [2.24, 2.45) is 7.05 Å². The van der Waals surface area contributed by atoms with E-state index in [0.717, 1.165) is 18.4 Å². The van der Waals surface area contributed by atoms with Crippen molar-refractivity contribution < 1.29 is 0 Å². The van der Waals surface area contributed by atoms with Gasteiger partial charge in [0.1, 0.15) is 12.2 Å². The van der Waals surface area contributed by atoms with E-state index in [4.69, 9.17) is 0 Å². The van der Waals surface area contributed by atoms with E-state index in [-0.39, 0.29) is 0 Å². The van der Waals surface area contributed by atoms with E-state index in [9.17, 15) is 0 Å². The van der Waals surface area contributed by atoms with E-state index in [1.165, 1.54) is 12.8 Å². The molecule has 0 spiro atoms. The highest BCUT2D eigenvalue weighted by Crippen LogP contribution is 2.18. The van der Waals surface area contributed by atoms with Gasteiger partial charge in [-0.15, -0.1) is 0 Å². The number of aromatic nitrogens is 3. The Kier molecular flexibility index (Phi) is 1.62.